The second-order valence-electron chi connectivity index (χ2n) is 4.61. The van der Waals surface area contributed by atoms with Gasteiger partial charge in [0, 0.05) is 47.1 Å². The maximum Gasteiger partial charge on any atom is 0.0606 e. The number of nitrogens with zero attached hydrogens (tertiary/aromatic N) is 2. The molecule has 0 spiro atoms. The highest BCUT2D eigenvalue weighted by atomic mass is 16.3. The zero-order valence-electron chi connectivity index (χ0n) is 10.8. The Morgan fingerprint density at radius 3 is 2.72 bits per heavy atom. The molecule has 0 amide bonds. The molecule has 0 atom stereocenters. The average molecular weight is 245 g/mol. The lowest BCUT2D eigenvalue weighted by atomic mass is 10.1. The average Bonchev–Trinajstić information content (AvgIpc) is 2.37. The largest absolute Gasteiger partial charge is 0.398 e. The van der Waals surface area contributed by atoms with Crippen LogP contribution >= 0.6 is 0 Å². The summed E-state index contributed by atoms with van der Waals surface area (Å²) in [6, 6.07) is 6.19. The predicted octanol–water partition coefficient (Wildman–Crippen LogP) is 2.02. The van der Waals surface area contributed by atoms with E-state index in [1.807, 2.05) is 18.2 Å². The van der Waals surface area contributed by atoms with E-state index in [1.54, 1.807) is 12.4 Å². The van der Waals surface area contributed by atoms with Crippen molar-refractivity contribution in [3.63, 3.8) is 0 Å². The van der Waals surface area contributed by atoms with Crippen molar-refractivity contribution in [3.8, 4) is 0 Å². The SMILES string of the molecule is CC(C)N(CCO)c1ccc(N)c2cnccc12. The first-order chi connectivity index (χ1) is 8.65. The van der Waals surface area contributed by atoms with E-state index in [0.717, 1.165) is 22.1 Å². The van der Waals surface area contributed by atoms with Crippen LogP contribution in [0.4, 0.5) is 11.4 Å². The number of aliphatic hydroxyl groups excluding tert-OH is 1. The van der Waals surface area contributed by atoms with Crippen LogP contribution in [0.5, 0.6) is 0 Å². The molecular weight excluding hydrogens is 226 g/mol. The predicted molar refractivity (Wildman–Crippen MR) is 75.7 cm³/mol. The van der Waals surface area contributed by atoms with Crippen LogP contribution in [0.3, 0.4) is 0 Å². The van der Waals surface area contributed by atoms with Crippen LogP contribution in [-0.2, 0) is 0 Å². The summed E-state index contributed by atoms with van der Waals surface area (Å²) in [6.45, 7) is 4.96. The zero-order valence-corrected chi connectivity index (χ0v) is 10.8. The molecule has 0 unspecified atom stereocenters. The quantitative estimate of drug-likeness (QED) is 0.809. The number of hydrogen-bond donors (Lipinski definition) is 2. The third-order valence-electron chi connectivity index (χ3n) is 3.10. The molecule has 3 N–H and O–H groups in total. The number of nitrogens with two attached hydrogens (primary N) is 1. The highest BCUT2D eigenvalue weighted by Gasteiger charge is 2.13. The smallest absolute Gasteiger partial charge is 0.0606 e. The highest BCUT2D eigenvalue weighted by molar-refractivity contribution is 6.00. The molecule has 1 aromatic carbocycles. The van der Waals surface area contributed by atoms with Crippen LogP contribution in [0.1, 0.15) is 13.8 Å². The van der Waals surface area contributed by atoms with Gasteiger partial charge in [-0.25, -0.2) is 0 Å². The van der Waals surface area contributed by atoms with E-state index in [-0.39, 0.29) is 6.61 Å². The molecule has 2 rings (SSSR count). The van der Waals surface area contributed by atoms with Crippen LogP contribution in [0.15, 0.2) is 30.6 Å². The molecule has 4 heteroatoms. The molecule has 1 heterocycles. The summed E-state index contributed by atoms with van der Waals surface area (Å²) in [7, 11) is 0. The second kappa shape index (κ2) is 5.23. The van der Waals surface area contributed by atoms with Gasteiger partial charge in [0.1, 0.15) is 0 Å². The Bertz CT molecular complexity index is 540. The number of aliphatic hydroxyl groups is 1. The minimum Gasteiger partial charge on any atom is -0.398 e. The van der Waals surface area contributed by atoms with E-state index >= 15 is 0 Å². The fourth-order valence-electron chi connectivity index (χ4n) is 2.21. The van der Waals surface area contributed by atoms with Crippen molar-refractivity contribution in [2.45, 2.75) is 19.9 Å². The number of anilines is 2. The summed E-state index contributed by atoms with van der Waals surface area (Å²) in [5.41, 5.74) is 7.79. The van der Waals surface area contributed by atoms with Crippen LogP contribution in [0.2, 0.25) is 0 Å². The fraction of sp³-hybridized carbons (Fsp3) is 0.357. The number of aromatic nitrogens is 1. The van der Waals surface area contributed by atoms with Crippen LogP contribution in [0.25, 0.3) is 10.8 Å². The molecule has 0 saturated heterocycles. The summed E-state index contributed by atoms with van der Waals surface area (Å²) in [6.07, 6.45) is 3.55. The summed E-state index contributed by atoms with van der Waals surface area (Å²) in [5, 5.41) is 11.2. The minimum absolute atomic E-state index is 0.134. The molecule has 18 heavy (non-hydrogen) atoms. The molecule has 0 saturated carbocycles. The summed E-state index contributed by atoms with van der Waals surface area (Å²) in [5.74, 6) is 0. The molecule has 0 aliphatic carbocycles. The van der Waals surface area contributed by atoms with Gasteiger partial charge in [-0.3, -0.25) is 4.98 Å². The van der Waals surface area contributed by atoms with Gasteiger partial charge in [-0.1, -0.05) is 0 Å². The van der Waals surface area contributed by atoms with Crippen LogP contribution < -0.4 is 10.6 Å². The third-order valence-corrected chi connectivity index (χ3v) is 3.10. The molecule has 0 aliphatic rings. The Labute approximate surface area is 107 Å². The van der Waals surface area contributed by atoms with Crippen molar-refractivity contribution in [1.29, 1.82) is 0 Å². The summed E-state index contributed by atoms with van der Waals surface area (Å²) < 4.78 is 0. The van der Waals surface area contributed by atoms with E-state index in [0.29, 0.717) is 12.6 Å². The van der Waals surface area contributed by atoms with Crippen molar-refractivity contribution in [1.82, 2.24) is 4.98 Å². The molecule has 0 aliphatic heterocycles. The standard InChI is InChI=1S/C14H19N3O/c1-10(2)17(7-8-18)14-4-3-13(15)12-9-16-6-5-11(12)14/h3-6,9-10,18H,7-8,15H2,1-2H3. The Morgan fingerprint density at radius 1 is 1.28 bits per heavy atom. The first-order valence-electron chi connectivity index (χ1n) is 6.15. The first-order valence-corrected chi connectivity index (χ1v) is 6.15. The van der Waals surface area contributed by atoms with E-state index < -0.39 is 0 Å². The number of rotatable bonds is 4. The molecular formula is C14H19N3O. The van der Waals surface area contributed by atoms with Gasteiger partial charge >= 0.3 is 0 Å². The van der Waals surface area contributed by atoms with Crippen LogP contribution in [-0.4, -0.2) is 29.3 Å². The number of pyridine rings is 1. The number of fused-ring (bicyclic) bond motifs is 1. The van der Waals surface area contributed by atoms with Gasteiger partial charge in [0.15, 0.2) is 0 Å². The minimum atomic E-state index is 0.134. The van der Waals surface area contributed by atoms with Gasteiger partial charge in [-0.15, -0.1) is 0 Å². The Kier molecular flexibility index (Phi) is 3.67. The lowest BCUT2D eigenvalue weighted by Gasteiger charge is -2.29. The maximum absolute atomic E-state index is 9.19. The normalized spacial score (nSPS) is 11.1. The van der Waals surface area contributed by atoms with Crippen molar-refractivity contribution < 1.29 is 5.11 Å². The third kappa shape index (κ3) is 2.24. The molecule has 96 valence electrons. The number of hydrogen-bond acceptors (Lipinski definition) is 4. The second-order valence-corrected chi connectivity index (χ2v) is 4.61. The van der Waals surface area contributed by atoms with E-state index in [4.69, 9.17) is 5.73 Å². The summed E-state index contributed by atoms with van der Waals surface area (Å²) >= 11 is 0. The molecule has 1 aromatic heterocycles. The molecule has 0 radical (unpaired) electrons. The van der Waals surface area contributed by atoms with Gasteiger partial charge in [-0.2, -0.15) is 0 Å². The van der Waals surface area contributed by atoms with Gasteiger partial charge in [0.2, 0.25) is 0 Å². The molecule has 0 fully saturated rings. The van der Waals surface area contributed by atoms with Crippen molar-refractivity contribution in [3.05, 3.63) is 30.6 Å². The zero-order chi connectivity index (χ0) is 13.1. The van der Waals surface area contributed by atoms with E-state index in [9.17, 15) is 5.11 Å². The highest BCUT2D eigenvalue weighted by Crippen LogP contribution is 2.31. The lowest BCUT2D eigenvalue weighted by molar-refractivity contribution is 0.299. The number of nitrogen functional groups attached to an aromatic ring is 1. The van der Waals surface area contributed by atoms with Crippen molar-refractivity contribution in [2.75, 3.05) is 23.8 Å². The molecule has 2 aromatic rings. The van der Waals surface area contributed by atoms with E-state index in [2.05, 4.69) is 23.7 Å². The van der Waals surface area contributed by atoms with Crippen molar-refractivity contribution in [2.24, 2.45) is 0 Å². The monoisotopic (exact) mass is 245 g/mol. The Hall–Kier alpha value is -1.81. The maximum atomic E-state index is 9.19. The molecule has 4 nitrogen and oxygen atoms in total. The van der Waals surface area contributed by atoms with Gasteiger partial charge < -0.3 is 15.7 Å². The lowest BCUT2D eigenvalue weighted by Crippen LogP contribution is -2.33. The topological polar surface area (TPSA) is 62.4 Å². The first kappa shape index (κ1) is 12.6. The van der Waals surface area contributed by atoms with Gasteiger partial charge in [0.05, 0.1) is 6.61 Å². The van der Waals surface area contributed by atoms with Crippen molar-refractivity contribution >= 4 is 22.1 Å². The van der Waals surface area contributed by atoms with Gasteiger partial charge in [-0.05, 0) is 32.0 Å². The van der Waals surface area contributed by atoms with E-state index in [1.165, 1.54) is 0 Å². The Balaban J connectivity index is 2.59. The summed E-state index contributed by atoms with van der Waals surface area (Å²) in [4.78, 5) is 6.29. The van der Waals surface area contributed by atoms with Gasteiger partial charge in [0.25, 0.3) is 0 Å². The number of benzene rings is 1. The fourth-order valence-corrected chi connectivity index (χ4v) is 2.21. The Morgan fingerprint density at radius 2 is 2.06 bits per heavy atom. The van der Waals surface area contributed by atoms with Crippen LogP contribution in [0, 0.1) is 0 Å². The molecule has 0 bridgehead atoms.